The maximum absolute atomic E-state index is 5.84. The number of nitrogens with one attached hydrogen (secondary N) is 1. The molecule has 0 aromatic carbocycles. The van der Waals surface area contributed by atoms with Gasteiger partial charge in [0.05, 0.1) is 0 Å². The molecular formula is C13H24N4. The van der Waals surface area contributed by atoms with Gasteiger partial charge in [0.2, 0.25) is 0 Å². The highest BCUT2D eigenvalue weighted by molar-refractivity contribution is 5.53. The molecule has 0 unspecified atom stereocenters. The van der Waals surface area contributed by atoms with Crippen LogP contribution in [0.2, 0.25) is 0 Å². The Kier molecular flexibility index (Phi) is 5.77. The highest BCUT2D eigenvalue weighted by atomic mass is 15.1. The Bertz CT molecular complexity index is 338. The van der Waals surface area contributed by atoms with Crippen molar-refractivity contribution in [2.24, 2.45) is 0 Å². The Hall–Kier alpha value is -1.29. The summed E-state index contributed by atoms with van der Waals surface area (Å²) in [6, 6.07) is 1.89. The van der Waals surface area contributed by atoms with Crippen LogP contribution in [0, 0.1) is 6.92 Å². The predicted molar refractivity (Wildman–Crippen MR) is 74.3 cm³/mol. The summed E-state index contributed by atoms with van der Waals surface area (Å²) in [5.41, 5.74) is 7.66. The Morgan fingerprint density at radius 3 is 2.71 bits per heavy atom. The summed E-state index contributed by atoms with van der Waals surface area (Å²) in [4.78, 5) is 6.72. The highest BCUT2D eigenvalue weighted by Crippen LogP contribution is 2.13. The number of aromatic nitrogens is 1. The summed E-state index contributed by atoms with van der Waals surface area (Å²) in [6.45, 7) is 10.6. The molecule has 17 heavy (non-hydrogen) atoms. The van der Waals surface area contributed by atoms with Gasteiger partial charge >= 0.3 is 0 Å². The minimum Gasteiger partial charge on any atom is -0.398 e. The zero-order valence-corrected chi connectivity index (χ0v) is 11.2. The Labute approximate surface area is 104 Å². The van der Waals surface area contributed by atoms with E-state index in [2.05, 4.69) is 29.0 Å². The van der Waals surface area contributed by atoms with E-state index in [9.17, 15) is 0 Å². The van der Waals surface area contributed by atoms with E-state index in [1.807, 2.05) is 13.0 Å². The van der Waals surface area contributed by atoms with E-state index in [0.717, 1.165) is 43.2 Å². The van der Waals surface area contributed by atoms with Gasteiger partial charge in [0.15, 0.2) is 0 Å². The number of nitrogens with two attached hydrogens (primary N) is 1. The normalized spacial score (nSPS) is 10.8. The summed E-state index contributed by atoms with van der Waals surface area (Å²) in [5.74, 6) is 0.862. The molecule has 0 saturated heterocycles. The molecule has 4 heteroatoms. The quantitative estimate of drug-likeness (QED) is 0.761. The molecule has 0 spiro atoms. The van der Waals surface area contributed by atoms with Crippen molar-refractivity contribution in [1.29, 1.82) is 0 Å². The molecule has 0 aliphatic carbocycles. The van der Waals surface area contributed by atoms with E-state index in [1.54, 1.807) is 6.20 Å². The molecule has 0 atom stereocenters. The van der Waals surface area contributed by atoms with Crippen molar-refractivity contribution < 1.29 is 0 Å². The first kappa shape index (κ1) is 13.8. The van der Waals surface area contributed by atoms with Crippen molar-refractivity contribution in [2.75, 3.05) is 37.2 Å². The Balaban J connectivity index is 2.37. The van der Waals surface area contributed by atoms with Crippen LogP contribution in [0.15, 0.2) is 12.3 Å². The number of anilines is 2. The minimum absolute atomic E-state index is 0.795. The molecular weight excluding hydrogens is 212 g/mol. The number of hydrogen-bond donors (Lipinski definition) is 2. The van der Waals surface area contributed by atoms with Crippen molar-refractivity contribution in [3.05, 3.63) is 17.8 Å². The van der Waals surface area contributed by atoms with Gasteiger partial charge in [-0.2, -0.15) is 0 Å². The van der Waals surface area contributed by atoms with Crippen LogP contribution in [0.25, 0.3) is 0 Å². The number of aryl methyl sites for hydroxylation is 1. The lowest BCUT2D eigenvalue weighted by Crippen LogP contribution is -2.29. The standard InChI is InChI=1S/C13H24N4/c1-4-7-17(5-2)8-6-15-13-9-12(14)11(3)10-16-13/h9-10H,4-8H2,1-3H3,(H3,14,15,16). The number of nitrogens with zero attached hydrogens (tertiary/aromatic N) is 2. The van der Waals surface area contributed by atoms with Crippen LogP contribution in [-0.2, 0) is 0 Å². The molecule has 0 amide bonds. The second-order valence-corrected chi connectivity index (χ2v) is 4.29. The van der Waals surface area contributed by atoms with Crippen LogP contribution >= 0.6 is 0 Å². The van der Waals surface area contributed by atoms with Crippen molar-refractivity contribution in [2.45, 2.75) is 27.2 Å². The van der Waals surface area contributed by atoms with Gasteiger partial charge in [-0.1, -0.05) is 13.8 Å². The fraction of sp³-hybridized carbons (Fsp3) is 0.615. The summed E-state index contributed by atoms with van der Waals surface area (Å²) in [7, 11) is 0. The predicted octanol–water partition coefficient (Wildman–Crippen LogP) is 2.12. The zero-order valence-electron chi connectivity index (χ0n) is 11.2. The first-order chi connectivity index (χ1) is 8.17. The van der Waals surface area contributed by atoms with Crippen LogP contribution < -0.4 is 11.1 Å². The van der Waals surface area contributed by atoms with Gasteiger partial charge in [0, 0.05) is 31.0 Å². The molecule has 1 aromatic rings. The smallest absolute Gasteiger partial charge is 0.128 e. The van der Waals surface area contributed by atoms with Gasteiger partial charge in [-0.05, 0) is 32.0 Å². The molecule has 0 saturated carbocycles. The molecule has 1 rings (SSSR count). The minimum atomic E-state index is 0.795. The summed E-state index contributed by atoms with van der Waals surface area (Å²) >= 11 is 0. The highest BCUT2D eigenvalue weighted by Gasteiger charge is 2.01. The average Bonchev–Trinajstić information content (AvgIpc) is 2.32. The van der Waals surface area contributed by atoms with Gasteiger partial charge in [-0.25, -0.2) is 4.98 Å². The third-order valence-electron chi connectivity index (χ3n) is 2.87. The maximum Gasteiger partial charge on any atom is 0.128 e. The fourth-order valence-corrected chi connectivity index (χ4v) is 1.72. The second kappa shape index (κ2) is 7.12. The lowest BCUT2D eigenvalue weighted by Gasteiger charge is -2.19. The van der Waals surface area contributed by atoms with Gasteiger partial charge < -0.3 is 16.0 Å². The van der Waals surface area contributed by atoms with Crippen LogP contribution in [0.1, 0.15) is 25.8 Å². The molecule has 0 fully saturated rings. The third-order valence-corrected chi connectivity index (χ3v) is 2.87. The Morgan fingerprint density at radius 2 is 2.12 bits per heavy atom. The SMILES string of the molecule is CCCN(CC)CCNc1cc(N)c(C)cn1. The molecule has 0 aliphatic rings. The van der Waals surface area contributed by atoms with Gasteiger partial charge in [0.25, 0.3) is 0 Å². The van der Waals surface area contributed by atoms with E-state index >= 15 is 0 Å². The largest absolute Gasteiger partial charge is 0.398 e. The number of rotatable bonds is 7. The summed E-state index contributed by atoms with van der Waals surface area (Å²) in [6.07, 6.45) is 3.00. The average molecular weight is 236 g/mol. The van der Waals surface area contributed by atoms with E-state index in [0.29, 0.717) is 0 Å². The van der Waals surface area contributed by atoms with Crippen LogP contribution in [0.5, 0.6) is 0 Å². The monoisotopic (exact) mass is 236 g/mol. The summed E-state index contributed by atoms with van der Waals surface area (Å²) in [5, 5.41) is 3.30. The third kappa shape index (κ3) is 4.61. The van der Waals surface area contributed by atoms with Gasteiger partial charge in [-0.3, -0.25) is 0 Å². The first-order valence-corrected chi connectivity index (χ1v) is 6.35. The molecule has 0 aliphatic heterocycles. The van der Waals surface area contributed by atoms with E-state index in [4.69, 9.17) is 5.73 Å². The Morgan fingerprint density at radius 1 is 1.35 bits per heavy atom. The first-order valence-electron chi connectivity index (χ1n) is 6.35. The molecule has 0 bridgehead atoms. The van der Waals surface area contributed by atoms with Crippen LogP contribution in [0.4, 0.5) is 11.5 Å². The summed E-state index contributed by atoms with van der Waals surface area (Å²) < 4.78 is 0. The van der Waals surface area contributed by atoms with Crippen LogP contribution in [-0.4, -0.2) is 36.1 Å². The van der Waals surface area contributed by atoms with Crippen molar-refractivity contribution in [3.8, 4) is 0 Å². The van der Waals surface area contributed by atoms with Crippen molar-refractivity contribution in [1.82, 2.24) is 9.88 Å². The van der Waals surface area contributed by atoms with Gasteiger partial charge in [-0.15, -0.1) is 0 Å². The molecule has 0 radical (unpaired) electrons. The second-order valence-electron chi connectivity index (χ2n) is 4.29. The van der Waals surface area contributed by atoms with E-state index < -0.39 is 0 Å². The van der Waals surface area contributed by atoms with E-state index in [1.165, 1.54) is 6.42 Å². The van der Waals surface area contributed by atoms with Crippen LogP contribution in [0.3, 0.4) is 0 Å². The van der Waals surface area contributed by atoms with Crippen molar-refractivity contribution in [3.63, 3.8) is 0 Å². The number of likely N-dealkylation sites (N-methyl/N-ethyl adjacent to an activating group) is 1. The van der Waals surface area contributed by atoms with Gasteiger partial charge in [0.1, 0.15) is 5.82 Å². The molecule has 96 valence electrons. The van der Waals surface area contributed by atoms with E-state index in [-0.39, 0.29) is 0 Å². The lowest BCUT2D eigenvalue weighted by atomic mass is 10.2. The number of pyridine rings is 1. The number of nitrogen functional groups attached to an aromatic ring is 1. The molecule has 1 aromatic heterocycles. The van der Waals surface area contributed by atoms with Crippen molar-refractivity contribution >= 4 is 11.5 Å². The molecule has 4 nitrogen and oxygen atoms in total. The topological polar surface area (TPSA) is 54.2 Å². The number of hydrogen-bond acceptors (Lipinski definition) is 4. The zero-order chi connectivity index (χ0) is 12.7. The lowest BCUT2D eigenvalue weighted by molar-refractivity contribution is 0.300. The maximum atomic E-state index is 5.84. The molecule has 1 heterocycles. The fourth-order valence-electron chi connectivity index (χ4n) is 1.72. The molecule has 3 N–H and O–H groups in total.